The summed E-state index contributed by atoms with van der Waals surface area (Å²) in [5, 5.41) is 10.7. The Morgan fingerprint density at radius 1 is 0.973 bits per heavy atom. The van der Waals surface area contributed by atoms with Crippen LogP contribution >= 0.6 is 0 Å². The number of nitrogens with one attached hydrogen (secondary N) is 2. The van der Waals surface area contributed by atoms with E-state index in [1.54, 1.807) is 12.1 Å². The third kappa shape index (κ3) is 4.83. The van der Waals surface area contributed by atoms with Crippen LogP contribution in [0, 0.1) is 0 Å². The number of anilines is 3. The van der Waals surface area contributed by atoms with E-state index >= 15 is 0 Å². The Bertz CT molecular complexity index is 1450. The fourth-order valence-corrected chi connectivity index (χ4v) is 5.07. The number of amides is 1. The van der Waals surface area contributed by atoms with Crippen LogP contribution in [0.3, 0.4) is 0 Å². The van der Waals surface area contributed by atoms with Gasteiger partial charge in [-0.2, -0.15) is 5.10 Å². The molecule has 0 spiro atoms. The quantitative estimate of drug-likeness (QED) is 0.394. The van der Waals surface area contributed by atoms with E-state index < -0.39 is 11.8 Å². The van der Waals surface area contributed by atoms with Gasteiger partial charge in [-0.25, -0.2) is 13.8 Å². The van der Waals surface area contributed by atoms with Crippen molar-refractivity contribution in [2.45, 2.75) is 31.6 Å². The first-order chi connectivity index (χ1) is 17.9. The summed E-state index contributed by atoms with van der Waals surface area (Å²) in [6, 6.07) is 11.2. The molecule has 6 rings (SSSR count). The van der Waals surface area contributed by atoms with Crippen molar-refractivity contribution in [3.8, 4) is 11.1 Å². The Morgan fingerprint density at radius 2 is 1.84 bits per heavy atom. The molecular formula is C27H27F2N7O. The van der Waals surface area contributed by atoms with Crippen molar-refractivity contribution in [1.82, 2.24) is 20.2 Å². The molecule has 5 heterocycles. The largest absolute Gasteiger partial charge is 0.370 e. The van der Waals surface area contributed by atoms with Gasteiger partial charge in [-0.15, -0.1) is 0 Å². The molecule has 3 aromatic heterocycles. The Kier molecular flexibility index (Phi) is 5.94. The predicted molar refractivity (Wildman–Crippen MR) is 139 cm³/mol. The average Bonchev–Trinajstić information content (AvgIpc) is 3.52. The van der Waals surface area contributed by atoms with E-state index in [2.05, 4.69) is 36.4 Å². The summed E-state index contributed by atoms with van der Waals surface area (Å²) < 4.78 is 27.3. The normalized spacial score (nSPS) is 17.4. The van der Waals surface area contributed by atoms with Crippen molar-refractivity contribution in [3.05, 3.63) is 60.7 Å². The van der Waals surface area contributed by atoms with Gasteiger partial charge in [0.05, 0.1) is 23.9 Å². The van der Waals surface area contributed by atoms with Crippen molar-refractivity contribution in [2.24, 2.45) is 0 Å². The monoisotopic (exact) mass is 503 g/mol. The molecule has 2 aliphatic rings. The van der Waals surface area contributed by atoms with Crippen LogP contribution in [0.15, 0.2) is 55.0 Å². The van der Waals surface area contributed by atoms with E-state index in [9.17, 15) is 13.6 Å². The number of benzene rings is 1. The number of carbonyl (C=O) groups is 1. The van der Waals surface area contributed by atoms with Crippen LogP contribution in [0.2, 0.25) is 0 Å². The number of piperidine rings is 1. The smallest absolute Gasteiger partial charge is 0.276 e. The molecule has 0 bridgehead atoms. The summed E-state index contributed by atoms with van der Waals surface area (Å²) in [6.07, 6.45) is 8.67. The van der Waals surface area contributed by atoms with Gasteiger partial charge in [0, 0.05) is 61.2 Å². The lowest BCUT2D eigenvalue weighted by molar-refractivity contribution is 0.0256. The first-order valence-electron chi connectivity index (χ1n) is 12.5. The SMILES string of the molecule is O=C(Nc1ccnc(N2CCC(F)(F)C2)c1)c1n[nH]c2ccc(-c3cncc(N4CCCCC4)c3)cc12. The minimum Gasteiger partial charge on any atom is -0.370 e. The van der Waals surface area contributed by atoms with Gasteiger partial charge in [0.1, 0.15) is 5.82 Å². The standard InChI is InChI=1S/C27H27F2N7O/c28-27(29)7-11-36(17-27)24-14-20(6-8-31-24)32-26(37)25-22-13-18(4-5-23(22)33-34-25)19-12-21(16-30-15-19)35-9-2-1-3-10-35/h4-6,8,12-16H,1-3,7,9-11,17H2,(H,33,34)(H,31,32,37). The summed E-state index contributed by atoms with van der Waals surface area (Å²) in [6.45, 7) is 1.91. The molecule has 1 aromatic carbocycles. The van der Waals surface area contributed by atoms with Crippen molar-refractivity contribution in [2.75, 3.05) is 41.3 Å². The molecular weight excluding hydrogens is 476 g/mol. The highest BCUT2D eigenvalue weighted by molar-refractivity contribution is 6.11. The van der Waals surface area contributed by atoms with Crippen LogP contribution in [0.25, 0.3) is 22.0 Å². The molecule has 4 aromatic rings. The van der Waals surface area contributed by atoms with Crippen molar-refractivity contribution in [1.29, 1.82) is 0 Å². The summed E-state index contributed by atoms with van der Waals surface area (Å²) in [4.78, 5) is 25.7. The second-order valence-corrected chi connectivity index (χ2v) is 9.70. The number of hydrogen-bond acceptors (Lipinski definition) is 6. The van der Waals surface area contributed by atoms with Crippen LogP contribution in [-0.2, 0) is 0 Å². The number of halogens is 2. The van der Waals surface area contributed by atoms with Gasteiger partial charge >= 0.3 is 0 Å². The lowest BCUT2D eigenvalue weighted by Crippen LogP contribution is -2.29. The van der Waals surface area contributed by atoms with Crippen LogP contribution in [0.5, 0.6) is 0 Å². The Hall–Kier alpha value is -4.08. The number of pyridine rings is 2. The fraction of sp³-hybridized carbons (Fsp3) is 0.333. The van der Waals surface area contributed by atoms with E-state index in [1.165, 1.54) is 30.4 Å². The van der Waals surface area contributed by atoms with Crippen LogP contribution in [0.4, 0.5) is 26.0 Å². The molecule has 1 amide bonds. The highest BCUT2D eigenvalue weighted by atomic mass is 19.3. The second kappa shape index (κ2) is 9.42. The van der Waals surface area contributed by atoms with E-state index in [0.29, 0.717) is 16.9 Å². The molecule has 2 N–H and O–H groups in total. The summed E-state index contributed by atoms with van der Waals surface area (Å²) in [5.74, 6) is -2.71. The Labute approximate surface area is 212 Å². The second-order valence-electron chi connectivity index (χ2n) is 9.70. The molecule has 190 valence electrons. The minimum atomic E-state index is -2.73. The number of H-pyrrole nitrogens is 1. The van der Waals surface area contributed by atoms with Gasteiger partial charge in [0.25, 0.3) is 11.8 Å². The molecule has 37 heavy (non-hydrogen) atoms. The maximum atomic E-state index is 13.6. The zero-order chi connectivity index (χ0) is 25.4. The molecule has 0 atom stereocenters. The lowest BCUT2D eigenvalue weighted by Gasteiger charge is -2.28. The van der Waals surface area contributed by atoms with Crippen molar-refractivity contribution >= 4 is 34.0 Å². The van der Waals surface area contributed by atoms with Crippen molar-refractivity contribution in [3.63, 3.8) is 0 Å². The molecule has 0 radical (unpaired) electrons. The van der Waals surface area contributed by atoms with Gasteiger partial charge in [-0.3, -0.25) is 14.9 Å². The highest BCUT2D eigenvalue weighted by Gasteiger charge is 2.38. The third-order valence-electron chi connectivity index (χ3n) is 7.05. The topological polar surface area (TPSA) is 90.0 Å². The number of rotatable bonds is 5. The van der Waals surface area contributed by atoms with Crippen LogP contribution in [0.1, 0.15) is 36.2 Å². The third-order valence-corrected chi connectivity index (χ3v) is 7.05. The van der Waals surface area contributed by atoms with E-state index in [4.69, 9.17) is 0 Å². The Morgan fingerprint density at radius 3 is 2.65 bits per heavy atom. The number of nitrogens with zero attached hydrogens (tertiary/aromatic N) is 5. The van der Waals surface area contributed by atoms with Crippen molar-refractivity contribution < 1.29 is 13.6 Å². The molecule has 0 aliphatic carbocycles. The molecule has 8 nitrogen and oxygen atoms in total. The number of carbonyl (C=O) groups excluding carboxylic acids is 1. The molecule has 2 aliphatic heterocycles. The van der Waals surface area contributed by atoms with Gasteiger partial charge < -0.3 is 15.1 Å². The molecule has 2 fully saturated rings. The number of aromatic nitrogens is 4. The first kappa shape index (κ1) is 23.3. The number of fused-ring (bicyclic) bond motifs is 1. The molecule has 2 saturated heterocycles. The molecule has 0 unspecified atom stereocenters. The summed E-state index contributed by atoms with van der Waals surface area (Å²) in [5.41, 5.74) is 4.48. The predicted octanol–water partition coefficient (Wildman–Crippen LogP) is 5.11. The minimum absolute atomic E-state index is 0.205. The zero-order valence-corrected chi connectivity index (χ0v) is 20.3. The van der Waals surface area contributed by atoms with E-state index in [1.807, 2.05) is 30.6 Å². The summed E-state index contributed by atoms with van der Waals surface area (Å²) >= 11 is 0. The lowest BCUT2D eigenvalue weighted by atomic mass is 10.0. The average molecular weight is 504 g/mol. The number of aromatic amines is 1. The maximum absolute atomic E-state index is 13.6. The number of alkyl halides is 2. The first-order valence-corrected chi connectivity index (χ1v) is 12.5. The van der Waals surface area contributed by atoms with Gasteiger partial charge in [-0.1, -0.05) is 6.07 Å². The zero-order valence-electron chi connectivity index (χ0n) is 20.3. The van der Waals surface area contributed by atoms with Gasteiger partial charge in [0.15, 0.2) is 5.69 Å². The molecule has 10 heteroatoms. The van der Waals surface area contributed by atoms with Gasteiger partial charge in [0.2, 0.25) is 0 Å². The Balaban J connectivity index is 1.24. The van der Waals surface area contributed by atoms with Crippen LogP contribution < -0.4 is 15.1 Å². The van der Waals surface area contributed by atoms with E-state index in [-0.39, 0.29) is 25.2 Å². The summed E-state index contributed by atoms with van der Waals surface area (Å²) in [7, 11) is 0. The van der Waals surface area contributed by atoms with E-state index in [0.717, 1.165) is 35.4 Å². The van der Waals surface area contributed by atoms with Crippen LogP contribution in [-0.4, -0.2) is 58.2 Å². The molecule has 0 saturated carbocycles. The highest BCUT2D eigenvalue weighted by Crippen LogP contribution is 2.31. The maximum Gasteiger partial charge on any atom is 0.276 e. The van der Waals surface area contributed by atoms with Gasteiger partial charge in [-0.05, 0) is 49.1 Å². The number of hydrogen-bond donors (Lipinski definition) is 2. The fourth-order valence-electron chi connectivity index (χ4n) is 5.07.